The molecule has 2 N–H and O–H groups in total. The number of halogens is 5. The average molecular weight is 332 g/mol. The second-order valence-corrected chi connectivity index (χ2v) is 4.66. The second kappa shape index (κ2) is 6.27. The van der Waals surface area contributed by atoms with E-state index in [2.05, 4.69) is 10.6 Å². The lowest BCUT2D eigenvalue weighted by Gasteiger charge is -2.13. The van der Waals surface area contributed by atoms with E-state index >= 15 is 0 Å². The predicted octanol–water partition coefficient (Wildman–Crippen LogP) is 4.79. The Balaban J connectivity index is 2.17. The number of anilines is 2. The van der Waals surface area contributed by atoms with Crippen molar-refractivity contribution >= 4 is 28.7 Å². The van der Waals surface area contributed by atoms with Crippen LogP contribution in [0.1, 0.15) is 5.56 Å². The molecule has 2 aromatic rings. The Labute approximate surface area is 128 Å². The molecule has 0 heterocycles. The molecule has 0 amide bonds. The third-order valence-corrected chi connectivity index (χ3v) is 2.87. The van der Waals surface area contributed by atoms with Crippen LogP contribution in [-0.2, 0) is 6.18 Å². The van der Waals surface area contributed by atoms with Gasteiger partial charge < -0.3 is 10.6 Å². The van der Waals surface area contributed by atoms with Crippen molar-refractivity contribution in [3.8, 4) is 0 Å². The Morgan fingerprint density at radius 1 is 0.864 bits per heavy atom. The molecule has 0 atom stereocenters. The Morgan fingerprint density at radius 2 is 1.45 bits per heavy atom. The van der Waals surface area contributed by atoms with Crippen LogP contribution in [0.5, 0.6) is 0 Å². The van der Waals surface area contributed by atoms with Gasteiger partial charge in [0, 0.05) is 0 Å². The molecule has 0 unspecified atom stereocenters. The van der Waals surface area contributed by atoms with Crippen LogP contribution in [0.2, 0.25) is 0 Å². The van der Waals surface area contributed by atoms with Crippen molar-refractivity contribution in [1.82, 2.24) is 0 Å². The van der Waals surface area contributed by atoms with E-state index in [-0.39, 0.29) is 10.8 Å². The predicted molar refractivity (Wildman–Crippen MR) is 77.6 cm³/mol. The number of para-hydroxylation sites is 1. The Hall–Kier alpha value is -2.22. The van der Waals surface area contributed by atoms with E-state index in [0.29, 0.717) is 18.2 Å². The zero-order chi connectivity index (χ0) is 16.3. The molecule has 0 spiro atoms. The molecule has 0 radical (unpaired) electrons. The smallest absolute Gasteiger partial charge is 0.330 e. The highest BCUT2D eigenvalue weighted by Gasteiger charge is 2.31. The zero-order valence-corrected chi connectivity index (χ0v) is 11.7. The van der Waals surface area contributed by atoms with E-state index in [1.807, 2.05) is 0 Å². The molecular formula is C14H9F5N2S. The van der Waals surface area contributed by atoms with Gasteiger partial charge in [-0.3, -0.25) is 0 Å². The fraction of sp³-hybridized carbons (Fsp3) is 0.0714. The molecule has 0 fully saturated rings. The first-order chi connectivity index (χ1) is 10.3. The highest BCUT2D eigenvalue weighted by molar-refractivity contribution is 7.80. The zero-order valence-electron chi connectivity index (χ0n) is 10.8. The van der Waals surface area contributed by atoms with Gasteiger partial charge >= 0.3 is 6.18 Å². The molecular weight excluding hydrogens is 323 g/mol. The molecule has 2 aromatic carbocycles. The normalized spacial score (nSPS) is 11.1. The molecule has 0 saturated carbocycles. The molecule has 8 heteroatoms. The van der Waals surface area contributed by atoms with E-state index in [1.54, 1.807) is 6.07 Å². The van der Waals surface area contributed by atoms with Crippen molar-refractivity contribution < 1.29 is 22.0 Å². The van der Waals surface area contributed by atoms with Crippen molar-refractivity contribution in [2.75, 3.05) is 10.6 Å². The summed E-state index contributed by atoms with van der Waals surface area (Å²) < 4.78 is 64.7. The fourth-order valence-corrected chi connectivity index (χ4v) is 1.86. The van der Waals surface area contributed by atoms with Gasteiger partial charge in [0.05, 0.1) is 16.9 Å². The molecule has 0 aromatic heterocycles. The first-order valence-electron chi connectivity index (χ1n) is 5.96. The van der Waals surface area contributed by atoms with Gasteiger partial charge in [0.15, 0.2) is 5.11 Å². The maximum Gasteiger partial charge on any atom is 0.416 e. The van der Waals surface area contributed by atoms with Crippen LogP contribution in [0.25, 0.3) is 0 Å². The molecule has 2 rings (SSSR count). The topological polar surface area (TPSA) is 24.1 Å². The van der Waals surface area contributed by atoms with Gasteiger partial charge in [0.25, 0.3) is 0 Å². The largest absolute Gasteiger partial charge is 0.416 e. The van der Waals surface area contributed by atoms with Crippen molar-refractivity contribution in [3.05, 3.63) is 59.7 Å². The minimum absolute atomic E-state index is 0.0207. The highest BCUT2D eigenvalue weighted by atomic mass is 32.1. The summed E-state index contributed by atoms with van der Waals surface area (Å²) in [5.74, 6) is -1.51. The van der Waals surface area contributed by atoms with E-state index in [1.165, 1.54) is 18.2 Å². The second-order valence-electron chi connectivity index (χ2n) is 4.25. The van der Waals surface area contributed by atoms with Crippen LogP contribution in [0.4, 0.5) is 33.3 Å². The van der Waals surface area contributed by atoms with Crippen LogP contribution in [0.3, 0.4) is 0 Å². The van der Waals surface area contributed by atoms with Gasteiger partial charge in [-0.05, 0) is 42.5 Å². The summed E-state index contributed by atoms with van der Waals surface area (Å²) in [6.45, 7) is 0. The number of thiocarbonyl (C=S) groups is 1. The third-order valence-electron chi connectivity index (χ3n) is 2.66. The minimum atomic E-state index is -4.61. The molecule has 0 bridgehead atoms. The van der Waals surface area contributed by atoms with Crippen LogP contribution >= 0.6 is 12.2 Å². The van der Waals surface area contributed by atoms with Crippen molar-refractivity contribution in [3.63, 3.8) is 0 Å². The maximum absolute atomic E-state index is 13.5. The number of rotatable bonds is 2. The summed E-state index contributed by atoms with van der Waals surface area (Å²) in [5.41, 5.74) is -1.46. The van der Waals surface area contributed by atoms with Gasteiger partial charge in [-0.15, -0.1) is 0 Å². The minimum Gasteiger partial charge on any atom is -0.330 e. The number of alkyl halides is 3. The van der Waals surface area contributed by atoms with E-state index in [4.69, 9.17) is 12.2 Å². The monoisotopic (exact) mass is 332 g/mol. The molecule has 0 aliphatic heterocycles. The summed E-state index contributed by atoms with van der Waals surface area (Å²) >= 11 is 4.84. The standard InChI is InChI=1S/C14H9F5N2S/c15-9-3-1-2-4-11(9)20-13(22)21-12-7-8(14(17,18)19)5-6-10(12)16/h1-7H,(H2,20,21,22). The van der Waals surface area contributed by atoms with Gasteiger partial charge in [-0.25, -0.2) is 8.78 Å². The van der Waals surface area contributed by atoms with Crippen LogP contribution in [-0.4, -0.2) is 5.11 Å². The Morgan fingerprint density at radius 3 is 2.09 bits per heavy atom. The molecule has 2 nitrogen and oxygen atoms in total. The Kier molecular flexibility index (Phi) is 4.60. The maximum atomic E-state index is 13.5. The lowest BCUT2D eigenvalue weighted by atomic mass is 10.2. The lowest BCUT2D eigenvalue weighted by Crippen LogP contribution is -2.21. The van der Waals surface area contributed by atoms with Crippen molar-refractivity contribution in [2.24, 2.45) is 0 Å². The molecule has 0 saturated heterocycles. The van der Waals surface area contributed by atoms with Crippen LogP contribution in [0.15, 0.2) is 42.5 Å². The Bertz CT molecular complexity index is 700. The van der Waals surface area contributed by atoms with Crippen LogP contribution < -0.4 is 10.6 Å². The van der Waals surface area contributed by atoms with Gasteiger partial charge in [-0.1, -0.05) is 12.1 Å². The van der Waals surface area contributed by atoms with Gasteiger partial charge in [0.1, 0.15) is 11.6 Å². The lowest BCUT2D eigenvalue weighted by molar-refractivity contribution is -0.137. The number of hydrogen-bond donors (Lipinski definition) is 2. The summed E-state index contributed by atoms with van der Waals surface area (Å²) in [5, 5.41) is 4.49. The first-order valence-corrected chi connectivity index (χ1v) is 6.37. The summed E-state index contributed by atoms with van der Waals surface area (Å²) in [7, 11) is 0. The SMILES string of the molecule is Fc1ccccc1NC(=S)Nc1cc(C(F)(F)F)ccc1F. The highest BCUT2D eigenvalue weighted by Crippen LogP contribution is 2.31. The van der Waals surface area contributed by atoms with Gasteiger partial charge in [-0.2, -0.15) is 13.2 Å². The van der Waals surface area contributed by atoms with E-state index < -0.39 is 29.1 Å². The fourth-order valence-electron chi connectivity index (χ4n) is 1.64. The summed E-state index contributed by atoms with van der Waals surface area (Å²) in [6, 6.07) is 7.44. The van der Waals surface area contributed by atoms with Crippen molar-refractivity contribution in [1.29, 1.82) is 0 Å². The summed E-state index contributed by atoms with van der Waals surface area (Å²) in [4.78, 5) is 0. The molecule has 22 heavy (non-hydrogen) atoms. The molecule has 116 valence electrons. The first kappa shape index (κ1) is 16.2. The van der Waals surface area contributed by atoms with Crippen LogP contribution in [0, 0.1) is 11.6 Å². The van der Waals surface area contributed by atoms with E-state index in [9.17, 15) is 22.0 Å². The number of nitrogens with one attached hydrogen (secondary N) is 2. The quantitative estimate of drug-likeness (QED) is 0.611. The third kappa shape index (κ3) is 3.91. The van der Waals surface area contributed by atoms with Crippen molar-refractivity contribution in [2.45, 2.75) is 6.18 Å². The average Bonchev–Trinajstić information content (AvgIpc) is 2.42. The molecule has 0 aliphatic carbocycles. The summed E-state index contributed by atoms with van der Waals surface area (Å²) in [6.07, 6.45) is -4.61. The number of benzene rings is 2. The number of hydrogen-bond acceptors (Lipinski definition) is 1. The van der Waals surface area contributed by atoms with E-state index in [0.717, 1.165) is 0 Å². The van der Waals surface area contributed by atoms with Gasteiger partial charge in [0.2, 0.25) is 0 Å². The molecule has 0 aliphatic rings.